The first-order valence-corrected chi connectivity index (χ1v) is 4.78. The van der Waals surface area contributed by atoms with Gasteiger partial charge in [-0.2, -0.15) is 0 Å². The lowest BCUT2D eigenvalue weighted by Crippen LogP contribution is -2.41. The Bertz CT molecular complexity index is 239. The topological polar surface area (TPSA) is 96.9 Å². The summed E-state index contributed by atoms with van der Waals surface area (Å²) in [6.07, 6.45) is -0.112. The number of nitrogens with two attached hydrogens (primary N) is 1. The molecule has 0 aromatic rings. The lowest BCUT2D eigenvalue weighted by Gasteiger charge is -2.24. The van der Waals surface area contributed by atoms with Crippen LogP contribution in [0.3, 0.4) is 0 Å². The molecule has 0 rings (SSSR count). The van der Waals surface area contributed by atoms with Gasteiger partial charge in [-0.05, 0) is 20.8 Å². The average molecular weight is 217 g/mol. The summed E-state index contributed by atoms with van der Waals surface area (Å²) >= 11 is 0. The van der Waals surface area contributed by atoms with Crippen molar-refractivity contribution in [2.24, 2.45) is 10.9 Å². The third-order valence-electron chi connectivity index (χ3n) is 1.72. The number of rotatable bonds is 6. The van der Waals surface area contributed by atoms with Crippen LogP contribution in [-0.2, 0) is 9.53 Å². The van der Waals surface area contributed by atoms with Crippen LogP contribution < -0.4 is 11.1 Å². The SMILES string of the molecule is CCOC(C)(C)CNC(=O)CC(N)=NO. The van der Waals surface area contributed by atoms with E-state index in [4.69, 9.17) is 15.7 Å². The lowest BCUT2D eigenvalue weighted by atomic mass is 10.1. The normalized spacial score (nSPS) is 12.6. The second kappa shape index (κ2) is 6.23. The molecule has 0 unspecified atom stereocenters. The van der Waals surface area contributed by atoms with Crippen molar-refractivity contribution >= 4 is 11.7 Å². The standard InChI is InChI=1S/C9H19N3O3/c1-4-15-9(2,3)6-11-8(13)5-7(10)12-14/h14H,4-6H2,1-3H3,(H2,10,12)(H,11,13). The van der Waals surface area contributed by atoms with Crippen molar-refractivity contribution in [2.75, 3.05) is 13.2 Å². The zero-order valence-electron chi connectivity index (χ0n) is 9.41. The van der Waals surface area contributed by atoms with Crippen LogP contribution >= 0.6 is 0 Å². The fraction of sp³-hybridized carbons (Fsp3) is 0.778. The number of nitrogens with zero attached hydrogens (tertiary/aromatic N) is 1. The molecule has 0 aliphatic rings. The highest BCUT2D eigenvalue weighted by molar-refractivity contribution is 5.98. The minimum absolute atomic E-state index is 0.110. The van der Waals surface area contributed by atoms with Crippen LogP contribution in [0.5, 0.6) is 0 Å². The van der Waals surface area contributed by atoms with Crippen LogP contribution in [0.2, 0.25) is 0 Å². The second-order valence-corrected chi connectivity index (χ2v) is 3.74. The van der Waals surface area contributed by atoms with E-state index < -0.39 is 5.60 Å². The van der Waals surface area contributed by atoms with Gasteiger partial charge in [-0.25, -0.2) is 0 Å². The number of ether oxygens (including phenoxy) is 1. The highest BCUT2D eigenvalue weighted by Crippen LogP contribution is 2.06. The molecule has 0 aliphatic carbocycles. The van der Waals surface area contributed by atoms with Crippen molar-refractivity contribution in [1.82, 2.24) is 5.32 Å². The maximum Gasteiger partial charge on any atom is 0.227 e. The molecule has 15 heavy (non-hydrogen) atoms. The first-order valence-electron chi connectivity index (χ1n) is 4.78. The second-order valence-electron chi connectivity index (χ2n) is 3.74. The van der Waals surface area contributed by atoms with Gasteiger partial charge in [0.25, 0.3) is 0 Å². The van der Waals surface area contributed by atoms with Crippen LogP contribution in [0.25, 0.3) is 0 Å². The summed E-state index contributed by atoms with van der Waals surface area (Å²) in [6.45, 7) is 6.61. The first-order chi connectivity index (χ1) is 6.91. The minimum atomic E-state index is -0.407. The number of amides is 1. The van der Waals surface area contributed by atoms with Crippen molar-refractivity contribution in [1.29, 1.82) is 0 Å². The molecule has 0 saturated heterocycles. The molecule has 88 valence electrons. The smallest absolute Gasteiger partial charge is 0.227 e. The van der Waals surface area contributed by atoms with Crippen LogP contribution in [0.15, 0.2) is 5.16 Å². The summed E-state index contributed by atoms with van der Waals surface area (Å²) in [5.41, 5.74) is 4.77. The molecule has 0 aromatic heterocycles. The minimum Gasteiger partial charge on any atom is -0.409 e. The van der Waals surface area contributed by atoms with Gasteiger partial charge in [0.1, 0.15) is 5.84 Å². The van der Waals surface area contributed by atoms with Crippen molar-refractivity contribution < 1.29 is 14.7 Å². The predicted molar refractivity (Wildman–Crippen MR) is 56.7 cm³/mol. The van der Waals surface area contributed by atoms with E-state index in [9.17, 15) is 4.79 Å². The average Bonchev–Trinajstić information content (AvgIpc) is 2.15. The molecule has 0 saturated carbocycles. The van der Waals surface area contributed by atoms with E-state index in [1.54, 1.807) is 0 Å². The first kappa shape index (κ1) is 13.7. The third-order valence-corrected chi connectivity index (χ3v) is 1.72. The van der Waals surface area contributed by atoms with Gasteiger partial charge in [0.05, 0.1) is 12.0 Å². The Morgan fingerprint density at radius 2 is 2.20 bits per heavy atom. The molecule has 6 heteroatoms. The molecule has 0 bridgehead atoms. The molecule has 0 fully saturated rings. The lowest BCUT2D eigenvalue weighted by molar-refractivity contribution is -0.121. The highest BCUT2D eigenvalue weighted by atomic mass is 16.5. The zero-order chi connectivity index (χ0) is 11.9. The fourth-order valence-electron chi connectivity index (χ4n) is 1.02. The van der Waals surface area contributed by atoms with E-state index in [2.05, 4.69) is 10.5 Å². The Labute approximate surface area is 89.5 Å². The van der Waals surface area contributed by atoms with Crippen molar-refractivity contribution in [2.45, 2.75) is 32.8 Å². The maximum absolute atomic E-state index is 11.2. The van der Waals surface area contributed by atoms with Gasteiger partial charge in [0, 0.05) is 13.2 Å². The van der Waals surface area contributed by atoms with Crippen molar-refractivity contribution in [3.05, 3.63) is 0 Å². The van der Waals surface area contributed by atoms with Crippen LogP contribution in [-0.4, -0.2) is 35.7 Å². The number of hydrogen-bond acceptors (Lipinski definition) is 4. The number of carbonyl (C=O) groups excluding carboxylic acids is 1. The molecule has 1 amide bonds. The molecule has 0 radical (unpaired) electrons. The maximum atomic E-state index is 11.2. The van der Waals surface area contributed by atoms with Gasteiger partial charge in [-0.15, -0.1) is 0 Å². The van der Waals surface area contributed by atoms with Crippen molar-refractivity contribution in [3.8, 4) is 0 Å². The quantitative estimate of drug-likeness (QED) is 0.253. The molecule has 4 N–H and O–H groups in total. The Morgan fingerprint density at radius 1 is 1.60 bits per heavy atom. The van der Waals surface area contributed by atoms with Crippen LogP contribution in [0, 0.1) is 0 Å². The Kier molecular flexibility index (Phi) is 5.69. The number of carbonyl (C=O) groups is 1. The van der Waals surface area contributed by atoms with E-state index in [0.29, 0.717) is 13.2 Å². The van der Waals surface area contributed by atoms with E-state index >= 15 is 0 Å². The summed E-state index contributed by atoms with van der Waals surface area (Å²) in [4.78, 5) is 11.2. The largest absolute Gasteiger partial charge is 0.409 e. The third kappa shape index (κ3) is 6.73. The van der Waals surface area contributed by atoms with Crippen LogP contribution in [0.1, 0.15) is 27.2 Å². The van der Waals surface area contributed by atoms with Gasteiger partial charge < -0.3 is 21.0 Å². The Balaban J connectivity index is 3.90. The molecule has 6 nitrogen and oxygen atoms in total. The molecular formula is C9H19N3O3. The predicted octanol–water partition coefficient (Wildman–Crippen LogP) is 0.0542. The van der Waals surface area contributed by atoms with Gasteiger partial charge >= 0.3 is 0 Å². The summed E-state index contributed by atoms with van der Waals surface area (Å²) in [6, 6.07) is 0. The monoisotopic (exact) mass is 217 g/mol. The van der Waals surface area contributed by atoms with Gasteiger partial charge in [0.2, 0.25) is 5.91 Å². The number of amidine groups is 1. The molecule has 0 spiro atoms. The molecule has 0 atom stereocenters. The van der Waals surface area contributed by atoms with Crippen LogP contribution in [0.4, 0.5) is 0 Å². The molecular weight excluding hydrogens is 198 g/mol. The molecule has 0 aliphatic heterocycles. The number of hydrogen-bond donors (Lipinski definition) is 3. The Hall–Kier alpha value is -1.30. The van der Waals surface area contributed by atoms with Gasteiger partial charge in [-0.3, -0.25) is 4.79 Å². The molecule has 0 heterocycles. The summed E-state index contributed by atoms with van der Waals surface area (Å²) in [5, 5.41) is 13.6. The fourth-order valence-corrected chi connectivity index (χ4v) is 1.02. The van der Waals surface area contributed by atoms with Crippen molar-refractivity contribution in [3.63, 3.8) is 0 Å². The Morgan fingerprint density at radius 3 is 2.67 bits per heavy atom. The summed E-state index contributed by atoms with van der Waals surface area (Å²) in [7, 11) is 0. The highest BCUT2D eigenvalue weighted by Gasteiger charge is 2.18. The number of oxime groups is 1. The zero-order valence-corrected chi connectivity index (χ0v) is 9.41. The van der Waals surface area contributed by atoms with E-state index in [1.165, 1.54) is 0 Å². The van der Waals surface area contributed by atoms with Gasteiger partial charge in [0.15, 0.2) is 0 Å². The summed E-state index contributed by atoms with van der Waals surface area (Å²) in [5.74, 6) is -0.403. The number of nitrogens with one attached hydrogen (secondary N) is 1. The van der Waals surface area contributed by atoms with E-state index in [1.807, 2.05) is 20.8 Å². The molecule has 0 aromatic carbocycles. The van der Waals surface area contributed by atoms with Gasteiger partial charge in [-0.1, -0.05) is 5.16 Å². The summed E-state index contributed by atoms with van der Waals surface area (Å²) < 4.78 is 5.39. The van der Waals surface area contributed by atoms with E-state index in [0.717, 1.165) is 0 Å². The van der Waals surface area contributed by atoms with E-state index in [-0.39, 0.29) is 18.2 Å².